The Morgan fingerprint density at radius 3 is 2.64 bits per heavy atom. The summed E-state index contributed by atoms with van der Waals surface area (Å²) in [6, 6.07) is 1.35. The molecule has 0 amide bonds. The van der Waals surface area contributed by atoms with Gasteiger partial charge in [0.25, 0.3) is 5.69 Å². The molecule has 2 rings (SSSR count). The molecule has 0 atom stereocenters. The lowest BCUT2D eigenvalue weighted by Gasteiger charge is -2.12. The molecule has 0 saturated carbocycles. The normalized spacial score (nSPS) is 11.5. The van der Waals surface area contributed by atoms with E-state index in [1.54, 1.807) is 12.4 Å². The van der Waals surface area contributed by atoms with Crippen LogP contribution in [0.15, 0.2) is 17.6 Å². The van der Waals surface area contributed by atoms with Crippen molar-refractivity contribution >= 4 is 34.3 Å². The molecule has 5 nitrogen and oxygen atoms in total. The van der Waals surface area contributed by atoms with Gasteiger partial charge < -0.3 is 5.32 Å². The Bertz CT molecular complexity index is 718. The third-order valence-electron chi connectivity index (χ3n) is 2.87. The first-order chi connectivity index (χ1) is 10.2. The molecule has 0 saturated heterocycles. The van der Waals surface area contributed by atoms with Crippen molar-refractivity contribution in [1.82, 2.24) is 4.98 Å². The van der Waals surface area contributed by atoms with Crippen LogP contribution in [0.25, 0.3) is 0 Å². The highest BCUT2D eigenvalue weighted by molar-refractivity contribution is 7.09. The van der Waals surface area contributed by atoms with Crippen LogP contribution in [-0.4, -0.2) is 9.91 Å². The summed E-state index contributed by atoms with van der Waals surface area (Å²) in [5.41, 5.74) is 0.369. The van der Waals surface area contributed by atoms with E-state index in [1.807, 2.05) is 0 Å². The van der Waals surface area contributed by atoms with Crippen LogP contribution < -0.4 is 5.32 Å². The van der Waals surface area contributed by atoms with E-state index in [-0.39, 0.29) is 12.2 Å². The molecule has 1 aromatic heterocycles. The predicted octanol–water partition coefficient (Wildman–Crippen LogP) is 4.64. The van der Waals surface area contributed by atoms with Crippen molar-refractivity contribution in [1.29, 1.82) is 0 Å². The Labute approximate surface area is 131 Å². The van der Waals surface area contributed by atoms with E-state index in [9.17, 15) is 23.3 Å². The topological polar surface area (TPSA) is 68.1 Å². The predicted molar refractivity (Wildman–Crippen MR) is 77.3 cm³/mol. The van der Waals surface area contributed by atoms with Crippen molar-refractivity contribution in [3.8, 4) is 0 Å². The number of halogens is 4. The van der Waals surface area contributed by atoms with Crippen LogP contribution in [0.1, 0.15) is 16.1 Å². The van der Waals surface area contributed by atoms with E-state index >= 15 is 0 Å². The number of nitro benzene ring substituents is 1. The maximum Gasteiger partial charge on any atom is 0.418 e. The minimum absolute atomic E-state index is 0.0733. The lowest BCUT2D eigenvalue weighted by molar-refractivity contribution is -0.384. The van der Waals surface area contributed by atoms with Crippen LogP contribution >= 0.6 is 22.9 Å². The van der Waals surface area contributed by atoms with Gasteiger partial charge >= 0.3 is 6.18 Å². The Balaban J connectivity index is 2.36. The molecule has 1 N–H and O–H groups in total. The monoisotopic (exact) mass is 351 g/mol. The smallest absolute Gasteiger partial charge is 0.374 e. The summed E-state index contributed by atoms with van der Waals surface area (Å²) in [5, 5.41) is 13.1. The van der Waals surface area contributed by atoms with Gasteiger partial charge in [-0.05, 0) is 13.0 Å². The van der Waals surface area contributed by atoms with Crippen LogP contribution in [-0.2, 0) is 12.7 Å². The van der Waals surface area contributed by atoms with Gasteiger partial charge in [-0.3, -0.25) is 10.1 Å². The number of hydrogen-bond acceptors (Lipinski definition) is 5. The SMILES string of the molecule is Cc1ncsc1CNc1cc(Cl)c(C(F)(F)F)cc1[N+](=O)[O-]. The molecule has 10 heteroatoms. The number of alkyl halides is 3. The van der Waals surface area contributed by atoms with Crippen LogP contribution in [0, 0.1) is 17.0 Å². The van der Waals surface area contributed by atoms with Gasteiger partial charge in [0.05, 0.1) is 33.3 Å². The molecule has 0 spiro atoms. The number of nitrogens with one attached hydrogen (secondary N) is 1. The zero-order chi connectivity index (χ0) is 16.5. The van der Waals surface area contributed by atoms with E-state index in [0.717, 1.165) is 16.6 Å². The highest BCUT2D eigenvalue weighted by Crippen LogP contribution is 2.40. The second kappa shape index (κ2) is 6.09. The van der Waals surface area contributed by atoms with Crippen LogP contribution in [0.2, 0.25) is 5.02 Å². The van der Waals surface area contributed by atoms with Crippen molar-refractivity contribution < 1.29 is 18.1 Å². The maximum atomic E-state index is 12.8. The Kier molecular flexibility index (Phi) is 4.57. The first-order valence-corrected chi connectivity index (χ1v) is 7.14. The summed E-state index contributed by atoms with van der Waals surface area (Å²) in [4.78, 5) is 14.9. The molecule has 0 bridgehead atoms. The number of aromatic nitrogens is 1. The molecule has 0 unspecified atom stereocenters. The molecule has 0 fully saturated rings. The molecule has 0 aliphatic carbocycles. The third kappa shape index (κ3) is 3.47. The van der Waals surface area contributed by atoms with Crippen molar-refractivity contribution in [2.75, 3.05) is 5.32 Å². The van der Waals surface area contributed by atoms with E-state index in [0.29, 0.717) is 6.07 Å². The minimum atomic E-state index is -4.76. The average Bonchev–Trinajstić information content (AvgIpc) is 2.80. The molecule has 22 heavy (non-hydrogen) atoms. The molecule has 1 aromatic carbocycles. The molecule has 118 valence electrons. The first kappa shape index (κ1) is 16.5. The van der Waals surface area contributed by atoms with Crippen molar-refractivity contribution in [3.05, 3.63) is 48.9 Å². The summed E-state index contributed by atoms with van der Waals surface area (Å²) in [6.07, 6.45) is -4.76. The van der Waals surface area contributed by atoms with E-state index < -0.39 is 27.4 Å². The van der Waals surface area contributed by atoms with Gasteiger partial charge in [-0.2, -0.15) is 13.2 Å². The van der Waals surface area contributed by atoms with Crippen LogP contribution in [0.5, 0.6) is 0 Å². The second-order valence-corrected chi connectivity index (χ2v) is 5.67. The first-order valence-electron chi connectivity index (χ1n) is 5.88. The van der Waals surface area contributed by atoms with E-state index in [2.05, 4.69) is 10.3 Å². The number of anilines is 1. The fourth-order valence-electron chi connectivity index (χ4n) is 1.74. The molecule has 1 heterocycles. The Morgan fingerprint density at radius 2 is 2.14 bits per heavy atom. The molecular weight excluding hydrogens is 343 g/mol. The highest BCUT2D eigenvalue weighted by atomic mass is 35.5. The van der Waals surface area contributed by atoms with Gasteiger partial charge in [0, 0.05) is 10.9 Å². The second-order valence-electron chi connectivity index (χ2n) is 4.32. The third-order valence-corrected chi connectivity index (χ3v) is 4.12. The Hall–Kier alpha value is -1.87. The highest BCUT2D eigenvalue weighted by Gasteiger charge is 2.36. The van der Waals surface area contributed by atoms with Crippen molar-refractivity contribution in [2.24, 2.45) is 0 Å². The number of benzene rings is 1. The van der Waals surface area contributed by atoms with Gasteiger partial charge in [-0.25, -0.2) is 4.98 Å². The quantitative estimate of drug-likeness (QED) is 0.643. The summed E-state index contributed by atoms with van der Waals surface area (Å²) < 4.78 is 38.3. The van der Waals surface area contributed by atoms with Gasteiger partial charge in [0.15, 0.2) is 0 Å². The van der Waals surface area contributed by atoms with Crippen LogP contribution in [0.4, 0.5) is 24.5 Å². The molecule has 0 aliphatic heterocycles. The van der Waals surface area contributed by atoms with Gasteiger partial charge in [0.1, 0.15) is 5.69 Å². The largest absolute Gasteiger partial charge is 0.418 e. The van der Waals surface area contributed by atoms with Gasteiger partial charge in [-0.15, -0.1) is 11.3 Å². The molecular formula is C12H9ClF3N3O2S. The number of nitrogens with zero attached hydrogens (tertiary/aromatic N) is 2. The number of thiazole rings is 1. The molecule has 0 radical (unpaired) electrons. The summed E-state index contributed by atoms with van der Waals surface area (Å²) >= 11 is 6.93. The number of hydrogen-bond donors (Lipinski definition) is 1. The fourth-order valence-corrected chi connectivity index (χ4v) is 2.73. The summed E-state index contributed by atoms with van der Waals surface area (Å²) in [5.74, 6) is 0. The van der Waals surface area contributed by atoms with Gasteiger partial charge in [0.2, 0.25) is 0 Å². The lowest BCUT2D eigenvalue weighted by Crippen LogP contribution is -2.09. The van der Waals surface area contributed by atoms with Crippen molar-refractivity contribution in [2.45, 2.75) is 19.6 Å². The van der Waals surface area contributed by atoms with E-state index in [4.69, 9.17) is 11.6 Å². The number of rotatable bonds is 4. The zero-order valence-electron chi connectivity index (χ0n) is 11.1. The fraction of sp³-hybridized carbons (Fsp3) is 0.250. The summed E-state index contributed by atoms with van der Waals surface area (Å²) in [6.45, 7) is 1.97. The number of nitro groups is 1. The molecule has 0 aliphatic rings. The number of aryl methyl sites for hydroxylation is 1. The molecule has 2 aromatic rings. The minimum Gasteiger partial charge on any atom is -0.374 e. The Morgan fingerprint density at radius 1 is 1.45 bits per heavy atom. The van der Waals surface area contributed by atoms with Crippen molar-refractivity contribution in [3.63, 3.8) is 0 Å². The van der Waals surface area contributed by atoms with Crippen LogP contribution in [0.3, 0.4) is 0 Å². The standard InChI is InChI=1S/C12H9ClF3N3O2S/c1-6-11(22-5-18-6)4-17-9-3-8(13)7(12(14,15)16)2-10(9)19(20)21/h2-3,5,17H,4H2,1H3. The van der Waals surface area contributed by atoms with Gasteiger partial charge in [-0.1, -0.05) is 11.6 Å². The lowest BCUT2D eigenvalue weighted by atomic mass is 10.1. The summed E-state index contributed by atoms with van der Waals surface area (Å²) in [7, 11) is 0. The zero-order valence-corrected chi connectivity index (χ0v) is 12.6. The average molecular weight is 352 g/mol. The maximum absolute atomic E-state index is 12.8. The van der Waals surface area contributed by atoms with E-state index in [1.165, 1.54) is 11.3 Å².